The predicted octanol–water partition coefficient (Wildman–Crippen LogP) is 3.47. The summed E-state index contributed by atoms with van der Waals surface area (Å²) in [6.07, 6.45) is 7.54. The molecule has 2 aromatic rings. The molecular weight excluding hydrogens is 312 g/mol. The number of halogens is 1. The van der Waals surface area contributed by atoms with Gasteiger partial charge in [-0.2, -0.15) is 0 Å². The summed E-state index contributed by atoms with van der Waals surface area (Å²) in [5.74, 6) is 1.72. The minimum atomic E-state index is -0.128. The molecule has 2 fully saturated rings. The highest BCUT2D eigenvalue weighted by molar-refractivity contribution is 6.32. The fourth-order valence-corrected chi connectivity index (χ4v) is 4.56. The molecule has 4 rings (SSSR count). The van der Waals surface area contributed by atoms with E-state index >= 15 is 0 Å². The fourth-order valence-electron chi connectivity index (χ4n) is 4.35. The molecule has 1 aromatic carbocycles. The average molecular weight is 333 g/mol. The second kappa shape index (κ2) is 5.84. The Bertz CT molecular complexity index is 774. The van der Waals surface area contributed by atoms with Gasteiger partial charge in [0.05, 0.1) is 5.02 Å². The van der Waals surface area contributed by atoms with Gasteiger partial charge in [-0.15, -0.1) is 0 Å². The fraction of sp³-hybridized carbons (Fsp3) is 0.500. The van der Waals surface area contributed by atoms with Gasteiger partial charge in [0.25, 0.3) is 5.56 Å². The Hall–Kier alpha value is -1.52. The standard InChI is InChI=1S/C18H21ClN2O2/c19-15-9-14-10(4-5-21-18(14)22)8-16(15)23-17-11-2-1-3-12(17)7-13(20)6-11/h4-5,8-9,11-13,17H,1-3,6-7,20H2,(H,21,22)/t11-,12+,13?,17?. The zero-order valence-corrected chi connectivity index (χ0v) is 13.7. The number of benzene rings is 1. The van der Waals surface area contributed by atoms with Crippen LogP contribution in [0.2, 0.25) is 5.02 Å². The largest absolute Gasteiger partial charge is 0.488 e. The molecule has 2 bridgehead atoms. The van der Waals surface area contributed by atoms with E-state index < -0.39 is 0 Å². The molecule has 1 heterocycles. The summed E-state index contributed by atoms with van der Waals surface area (Å²) in [5, 5.41) is 1.95. The number of fused-ring (bicyclic) bond motifs is 3. The van der Waals surface area contributed by atoms with E-state index in [4.69, 9.17) is 22.1 Å². The van der Waals surface area contributed by atoms with Crippen LogP contribution in [0.3, 0.4) is 0 Å². The minimum absolute atomic E-state index is 0.128. The molecule has 4 atom stereocenters. The highest BCUT2D eigenvalue weighted by Gasteiger charge is 2.41. The van der Waals surface area contributed by atoms with E-state index in [1.165, 1.54) is 19.3 Å². The highest BCUT2D eigenvalue weighted by Crippen LogP contribution is 2.43. The van der Waals surface area contributed by atoms with E-state index in [9.17, 15) is 4.79 Å². The molecule has 0 saturated heterocycles. The number of ether oxygens (including phenoxy) is 1. The molecule has 4 nitrogen and oxygen atoms in total. The van der Waals surface area contributed by atoms with Gasteiger partial charge in [-0.1, -0.05) is 18.0 Å². The summed E-state index contributed by atoms with van der Waals surface area (Å²) >= 11 is 6.38. The summed E-state index contributed by atoms with van der Waals surface area (Å²) in [7, 11) is 0. The Morgan fingerprint density at radius 2 is 1.96 bits per heavy atom. The van der Waals surface area contributed by atoms with E-state index in [2.05, 4.69) is 4.98 Å². The van der Waals surface area contributed by atoms with Crippen LogP contribution in [0.15, 0.2) is 29.2 Å². The molecule has 2 aliphatic rings. The van der Waals surface area contributed by atoms with Crippen LogP contribution in [0.25, 0.3) is 10.8 Å². The zero-order chi connectivity index (χ0) is 16.0. The van der Waals surface area contributed by atoms with Gasteiger partial charge < -0.3 is 15.5 Å². The van der Waals surface area contributed by atoms with Crippen LogP contribution in [-0.4, -0.2) is 17.1 Å². The maximum atomic E-state index is 11.9. The lowest BCUT2D eigenvalue weighted by atomic mass is 9.68. The van der Waals surface area contributed by atoms with Crippen LogP contribution in [0.1, 0.15) is 32.1 Å². The molecule has 2 saturated carbocycles. The first kappa shape index (κ1) is 15.0. The molecule has 3 N–H and O–H groups in total. The van der Waals surface area contributed by atoms with E-state index in [1.54, 1.807) is 12.3 Å². The van der Waals surface area contributed by atoms with Crippen LogP contribution >= 0.6 is 11.6 Å². The SMILES string of the molecule is NC1C[C@H]2CCC[C@@H](C1)C2Oc1cc2cc[nH]c(=O)c2cc1Cl. The zero-order valence-electron chi connectivity index (χ0n) is 12.9. The Labute approximate surface area is 140 Å². The Morgan fingerprint density at radius 1 is 1.22 bits per heavy atom. The van der Waals surface area contributed by atoms with E-state index in [0.717, 1.165) is 18.2 Å². The van der Waals surface area contributed by atoms with Crippen molar-refractivity contribution < 1.29 is 4.74 Å². The van der Waals surface area contributed by atoms with Crippen molar-refractivity contribution in [3.8, 4) is 5.75 Å². The smallest absolute Gasteiger partial charge is 0.255 e. The quantitative estimate of drug-likeness (QED) is 0.884. The minimum Gasteiger partial charge on any atom is -0.488 e. The van der Waals surface area contributed by atoms with Gasteiger partial charge in [0.1, 0.15) is 11.9 Å². The molecule has 0 amide bonds. The van der Waals surface area contributed by atoms with Crippen molar-refractivity contribution >= 4 is 22.4 Å². The van der Waals surface area contributed by atoms with Gasteiger partial charge in [-0.3, -0.25) is 4.79 Å². The lowest BCUT2D eigenvalue weighted by Gasteiger charge is -2.44. The lowest BCUT2D eigenvalue weighted by Crippen LogP contribution is -2.48. The van der Waals surface area contributed by atoms with Gasteiger partial charge in [0.15, 0.2) is 0 Å². The topological polar surface area (TPSA) is 68.1 Å². The first-order valence-corrected chi connectivity index (χ1v) is 8.73. The van der Waals surface area contributed by atoms with Crippen LogP contribution in [0, 0.1) is 11.8 Å². The summed E-state index contributed by atoms with van der Waals surface area (Å²) in [4.78, 5) is 14.5. The van der Waals surface area contributed by atoms with Crippen molar-refractivity contribution in [3.05, 3.63) is 39.8 Å². The third kappa shape index (κ3) is 2.74. The van der Waals surface area contributed by atoms with Crippen molar-refractivity contribution in [1.29, 1.82) is 0 Å². The molecule has 0 spiro atoms. The number of nitrogens with one attached hydrogen (secondary N) is 1. The first-order chi connectivity index (χ1) is 11.1. The van der Waals surface area contributed by atoms with Crippen molar-refractivity contribution in [3.63, 3.8) is 0 Å². The molecule has 0 aliphatic heterocycles. The maximum absolute atomic E-state index is 11.9. The number of aromatic nitrogens is 1. The second-order valence-corrected chi connectivity index (χ2v) is 7.35. The third-order valence-electron chi connectivity index (χ3n) is 5.38. The Kier molecular flexibility index (Phi) is 3.82. The van der Waals surface area contributed by atoms with E-state index in [-0.39, 0.29) is 11.7 Å². The van der Waals surface area contributed by atoms with Crippen LogP contribution < -0.4 is 16.0 Å². The molecule has 1 aromatic heterocycles. The number of nitrogens with two attached hydrogens (primary N) is 1. The number of hydrogen-bond acceptors (Lipinski definition) is 3. The number of H-pyrrole nitrogens is 1. The van der Waals surface area contributed by atoms with Gasteiger partial charge in [0, 0.05) is 17.6 Å². The summed E-state index contributed by atoms with van der Waals surface area (Å²) in [6.45, 7) is 0. The highest BCUT2D eigenvalue weighted by atomic mass is 35.5. The third-order valence-corrected chi connectivity index (χ3v) is 5.67. The molecule has 122 valence electrons. The molecule has 23 heavy (non-hydrogen) atoms. The first-order valence-electron chi connectivity index (χ1n) is 8.35. The number of pyridine rings is 1. The predicted molar refractivity (Wildman–Crippen MR) is 92.0 cm³/mol. The van der Waals surface area contributed by atoms with E-state index in [0.29, 0.717) is 34.0 Å². The molecule has 0 radical (unpaired) electrons. The maximum Gasteiger partial charge on any atom is 0.255 e. The van der Waals surface area contributed by atoms with Crippen LogP contribution in [-0.2, 0) is 0 Å². The number of hydrogen-bond donors (Lipinski definition) is 2. The monoisotopic (exact) mass is 332 g/mol. The van der Waals surface area contributed by atoms with Crippen molar-refractivity contribution in [2.75, 3.05) is 0 Å². The molecule has 2 unspecified atom stereocenters. The summed E-state index contributed by atoms with van der Waals surface area (Å²) < 4.78 is 6.35. The second-order valence-electron chi connectivity index (χ2n) is 6.94. The Balaban J connectivity index is 1.67. The number of rotatable bonds is 2. The van der Waals surface area contributed by atoms with Crippen molar-refractivity contribution in [2.45, 2.75) is 44.2 Å². The van der Waals surface area contributed by atoms with E-state index in [1.807, 2.05) is 12.1 Å². The summed E-state index contributed by atoms with van der Waals surface area (Å²) in [6, 6.07) is 5.76. The van der Waals surface area contributed by atoms with Crippen LogP contribution in [0.4, 0.5) is 0 Å². The van der Waals surface area contributed by atoms with Crippen molar-refractivity contribution in [2.24, 2.45) is 17.6 Å². The molecule has 2 aliphatic carbocycles. The van der Waals surface area contributed by atoms with Gasteiger partial charge >= 0.3 is 0 Å². The average Bonchev–Trinajstić information content (AvgIpc) is 2.50. The Morgan fingerprint density at radius 3 is 2.70 bits per heavy atom. The summed E-state index contributed by atoms with van der Waals surface area (Å²) in [5.41, 5.74) is 6.05. The van der Waals surface area contributed by atoms with Gasteiger partial charge in [-0.25, -0.2) is 0 Å². The molecular formula is C18H21ClN2O2. The molecule has 5 heteroatoms. The normalized spacial score (nSPS) is 30.3. The van der Waals surface area contributed by atoms with Gasteiger partial charge in [-0.05, 0) is 61.1 Å². The lowest BCUT2D eigenvalue weighted by molar-refractivity contribution is -0.00167. The number of aromatic amines is 1. The van der Waals surface area contributed by atoms with Crippen LogP contribution in [0.5, 0.6) is 5.75 Å². The van der Waals surface area contributed by atoms with Gasteiger partial charge in [0.2, 0.25) is 0 Å². The van der Waals surface area contributed by atoms with Crippen molar-refractivity contribution in [1.82, 2.24) is 4.98 Å².